The number of piperazine rings is 1. The normalized spacial score (nSPS) is 25.9. The molecule has 0 amide bonds. The minimum atomic E-state index is 0.534. The maximum Gasteiger partial charge on any atom is 0.128 e. The van der Waals surface area contributed by atoms with Crippen LogP contribution in [-0.4, -0.2) is 30.2 Å². The van der Waals surface area contributed by atoms with Gasteiger partial charge in [0.15, 0.2) is 0 Å². The smallest absolute Gasteiger partial charge is 0.128 e. The van der Waals surface area contributed by atoms with E-state index >= 15 is 0 Å². The first-order valence-electron chi connectivity index (χ1n) is 6.00. The van der Waals surface area contributed by atoms with Gasteiger partial charge < -0.3 is 10.2 Å². The van der Waals surface area contributed by atoms with Crippen LogP contribution < -0.4 is 10.2 Å². The van der Waals surface area contributed by atoms with Gasteiger partial charge in [0.2, 0.25) is 0 Å². The van der Waals surface area contributed by atoms with Crippen LogP contribution in [-0.2, 0) is 0 Å². The van der Waals surface area contributed by atoms with Gasteiger partial charge >= 0.3 is 0 Å². The fourth-order valence-electron chi connectivity index (χ4n) is 2.30. The zero-order valence-electron chi connectivity index (χ0n) is 10.6. The minimum absolute atomic E-state index is 0.534. The van der Waals surface area contributed by atoms with E-state index in [1.54, 1.807) is 0 Å². The number of anilines is 1. The molecule has 2 rings (SSSR count). The minimum Gasteiger partial charge on any atom is -0.354 e. The molecule has 1 aliphatic heterocycles. The predicted molar refractivity (Wildman–Crippen MR) is 68.0 cm³/mol. The molecule has 0 bridgehead atoms. The summed E-state index contributed by atoms with van der Waals surface area (Å²) in [5, 5.41) is 3.54. The number of hydrogen-bond donors (Lipinski definition) is 1. The lowest BCUT2D eigenvalue weighted by molar-refractivity contribution is 0.405. The lowest BCUT2D eigenvalue weighted by atomic mass is 10.1. The van der Waals surface area contributed by atoms with Crippen LogP contribution in [0.1, 0.15) is 25.0 Å². The van der Waals surface area contributed by atoms with Crippen LogP contribution >= 0.6 is 0 Å². The fourth-order valence-corrected chi connectivity index (χ4v) is 2.30. The second-order valence-electron chi connectivity index (χ2n) is 5.00. The Hall–Kier alpha value is -1.09. The Morgan fingerprint density at radius 2 is 1.81 bits per heavy atom. The van der Waals surface area contributed by atoms with Crippen molar-refractivity contribution in [3.63, 3.8) is 0 Å². The van der Waals surface area contributed by atoms with Gasteiger partial charge in [0, 0.05) is 31.4 Å². The molecular formula is C13H21N3. The Labute approximate surface area is 97.9 Å². The van der Waals surface area contributed by atoms with Gasteiger partial charge in [-0.1, -0.05) is 0 Å². The highest BCUT2D eigenvalue weighted by atomic mass is 15.2. The van der Waals surface area contributed by atoms with Crippen molar-refractivity contribution < 1.29 is 0 Å². The molecule has 2 heterocycles. The monoisotopic (exact) mass is 219 g/mol. The van der Waals surface area contributed by atoms with E-state index in [1.165, 1.54) is 11.1 Å². The van der Waals surface area contributed by atoms with Gasteiger partial charge in [-0.05, 0) is 44.9 Å². The van der Waals surface area contributed by atoms with Crippen molar-refractivity contribution in [3.05, 3.63) is 23.4 Å². The molecule has 0 spiro atoms. The first-order valence-corrected chi connectivity index (χ1v) is 6.00. The molecule has 1 saturated heterocycles. The fraction of sp³-hybridized carbons (Fsp3) is 0.615. The first kappa shape index (κ1) is 11.4. The molecule has 16 heavy (non-hydrogen) atoms. The van der Waals surface area contributed by atoms with Crippen LogP contribution in [0.2, 0.25) is 0 Å². The first-order chi connectivity index (χ1) is 7.56. The molecule has 0 aliphatic carbocycles. The third-order valence-corrected chi connectivity index (χ3v) is 3.24. The van der Waals surface area contributed by atoms with Crippen LogP contribution in [0.15, 0.2) is 12.3 Å². The van der Waals surface area contributed by atoms with Crippen molar-refractivity contribution in [2.45, 2.75) is 39.8 Å². The molecule has 1 aromatic heterocycles. The molecule has 0 radical (unpaired) electrons. The molecule has 0 aromatic carbocycles. The van der Waals surface area contributed by atoms with Crippen LogP contribution in [0.3, 0.4) is 0 Å². The van der Waals surface area contributed by atoms with Crippen LogP contribution in [0.25, 0.3) is 0 Å². The Bertz CT molecular complexity index is 365. The van der Waals surface area contributed by atoms with Crippen LogP contribution in [0.4, 0.5) is 5.82 Å². The van der Waals surface area contributed by atoms with E-state index in [0.29, 0.717) is 12.1 Å². The molecule has 1 aliphatic rings. The molecule has 0 unspecified atom stereocenters. The Morgan fingerprint density at radius 3 is 2.38 bits per heavy atom. The second kappa shape index (κ2) is 4.42. The summed E-state index contributed by atoms with van der Waals surface area (Å²) in [7, 11) is 0. The van der Waals surface area contributed by atoms with E-state index in [-0.39, 0.29) is 0 Å². The topological polar surface area (TPSA) is 28.2 Å². The summed E-state index contributed by atoms with van der Waals surface area (Å²) >= 11 is 0. The summed E-state index contributed by atoms with van der Waals surface area (Å²) in [5.41, 5.74) is 2.59. The van der Waals surface area contributed by atoms with E-state index < -0.39 is 0 Å². The summed E-state index contributed by atoms with van der Waals surface area (Å²) in [5.74, 6) is 1.11. The molecule has 2 atom stereocenters. The third kappa shape index (κ3) is 2.35. The molecule has 3 nitrogen and oxygen atoms in total. The molecule has 88 valence electrons. The number of aromatic nitrogens is 1. The van der Waals surface area contributed by atoms with Gasteiger partial charge in [-0.2, -0.15) is 0 Å². The Kier molecular flexibility index (Phi) is 3.15. The van der Waals surface area contributed by atoms with E-state index in [2.05, 4.69) is 49.0 Å². The number of hydrogen-bond acceptors (Lipinski definition) is 3. The number of nitrogens with one attached hydrogen (secondary N) is 1. The van der Waals surface area contributed by atoms with Crippen LogP contribution in [0, 0.1) is 13.8 Å². The highest BCUT2D eigenvalue weighted by Crippen LogP contribution is 2.17. The van der Waals surface area contributed by atoms with Crippen molar-refractivity contribution in [1.29, 1.82) is 0 Å². The van der Waals surface area contributed by atoms with Gasteiger partial charge in [0.25, 0.3) is 0 Å². The molecule has 0 saturated carbocycles. The average molecular weight is 219 g/mol. The molecule has 1 N–H and O–H groups in total. The Morgan fingerprint density at radius 1 is 1.19 bits per heavy atom. The Balaban J connectivity index is 2.19. The maximum atomic E-state index is 4.53. The standard InChI is InChI=1S/C13H21N3/c1-9-5-13(14-6-10(9)2)16-7-11(3)15-12(4)8-16/h5-6,11-12,15H,7-8H2,1-4H3/t11-,12+. The molecular weight excluding hydrogens is 198 g/mol. The van der Waals surface area contributed by atoms with E-state index in [4.69, 9.17) is 0 Å². The molecule has 3 heteroatoms. The lowest BCUT2D eigenvalue weighted by Gasteiger charge is -2.37. The number of rotatable bonds is 1. The molecule has 1 fully saturated rings. The highest BCUT2D eigenvalue weighted by molar-refractivity contribution is 5.44. The van der Waals surface area contributed by atoms with E-state index in [9.17, 15) is 0 Å². The summed E-state index contributed by atoms with van der Waals surface area (Å²) in [4.78, 5) is 6.90. The van der Waals surface area contributed by atoms with Gasteiger partial charge in [-0.25, -0.2) is 4.98 Å². The third-order valence-electron chi connectivity index (χ3n) is 3.24. The summed E-state index contributed by atoms with van der Waals surface area (Å²) in [6.45, 7) is 10.8. The molecule has 1 aromatic rings. The van der Waals surface area contributed by atoms with E-state index in [0.717, 1.165) is 18.9 Å². The lowest BCUT2D eigenvalue weighted by Crippen LogP contribution is -2.54. The summed E-state index contributed by atoms with van der Waals surface area (Å²) < 4.78 is 0. The highest BCUT2D eigenvalue weighted by Gasteiger charge is 2.21. The summed E-state index contributed by atoms with van der Waals surface area (Å²) in [6, 6.07) is 3.26. The number of pyridine rings is 1. The van der Waals surface area contributed by atoms with E-state index in [1.807, 2.05) is 6.20 Å². The van der Waals surface area contributed by atoms with Crippen molar-refractivity contribution in [1.82, 2.24) is 10.3 Å². The van der Waals surface area contributed by atoms with Crippen LogP contribution in [0.5, 0.6) is 0 Å². The van der Waals surface area contributed by atoms with Gasteiger partial charge in [-0.3, -0.25) is 0 Å². The summed E-state index contributed by atoms with van der Waals surface area (Å²) in [6.07, 6.45) is 1.97. The second-order valence-corrected chi connectivity index (χ2v) is 5.00. The van der Waals surface area contributed by atoms with Gasteiger partial charge in [0.05, 0.1) is 0 Å². The quantitative estimate of drug-likeness (QED) is 0.781. The largest absolute Gasteiger partial charge is 0.354 e. The number of nitrogens with zero attached hydrogens (tertiary/aromatic N) is 2. The van der Waals surface area contributed by atoms with Crippen molar-refractivity contribution >= 4 is 5.82 Å². The predicted octanol–water partition coefficient (Wildman–Crippen LogP) is 1.89. The SMILES string of the molecule is Cc1cnc(N2C[C@@H](C)N[C@@H](C)C2)cc1C. The maximum absolute atomic E-state index is 4.53. The van der Waals surface area contributed by atoms with Crippen molar-refractivity contribution in [3.8, 4) is 0 Å². The number of aryl methyl sites for hydroxylation is 2. The van der Waals surface area contributed by atoms with Crippen molar-refractivity contribution in [2.24, 2.45) is 0 Å². The van der Waals surface area contributed by atoms with Gasteiger partial charge in [0.1, 0.15) is 5.82 Å². The zero-order chi connectivity index (χ0) is 11.7. The zero-order valence-corrected chi connectivity index (χ0v) is 10.6. The van der Waals surface area contributed by atoms with Gasteiger partial charge in [-0.15, -0.1) is 0 Å². The van der Waals surface area contributed by atoms with Crippen molar-refractivity contribution in [2.75, 3.05) is 18.0 Å². The average Bonchev–Trinajstić information content (AvgIpc) is 2.20.